The smallest absolute Gasteiger partial charge is 0.309 e. The van der Waals surface area contributed by atoms with Crippen molar-refractivity contribution in [2.45, 2.75) is 52.0 Å². The molecule has 0 spiro atoms. The van der Waals surface area contributed by atoms with E-state index in [0.29, 0.717) is 5.69 Å². The van der Waals surface area contributed by atoms with Crippen LogP contribution in [0.3, 0.4) is 0 Å². The molecule has 1 rings (SSSR count). The standard InChI is InChI=1S/C15H21N3O2/c1-3-4-5-6-8-12(2)17-14-10-7-9-13(11-16)15(14)18(19)20/h7,9-10,12,17H,3-6,8H2,1-2H3. The quantitative estimate of drug-likeness (QED) is 0.437. The summed E-state index contributed by atoms with van der Waals surface area (Å²) in [4.78, 5) is 10.6. The number of nitro benzene ring substituents is 1. The fourth-order valence-electron chi connectivity index (χ4n) is 2.16. The first-order chi connectivity index (χ1) is 9.60. The lowest BCUT2D eigenvalue weighted by molar-refractivity contribution is -0.384. The van der Waals surface area contributed by atoms with Gasteiger partial charge in [0.15, 0.2) is 0 Å². The van der Waals surface area contributed by atoms with E-state index in [1.54, 1.807) is 12.1 Å². The first-order valence-corrected chi connectivity index (χ1v) is 7.04. The number of anilines is 1. The van der Waals surface area contributed by atoms with Crippen LogP contribution in [0.4, 0.5) is 11.4 Å². The third kappa shape index (κ3) is 4.54. The van der Waals surface area contributed by atoms with Crippen LogP contribution in [-0.2, 0) is 0 Å². The minimum absolute atomic E-state index is 0.0955. The van der Waals surface area contributed by atoms with Gasteiger partial charge in [-0.3, -0.25) is 10.1 Å². The van der Waals surface area contributed by atoms with Gasteiger partial charge in [0.1, 0.15) is 17.3 Å². The molecule has 0 aromatic heterocycles. The van der Waals surface area contributed by atoms with Gasteiger partial charge in [-0.15, -0.1) is 0 Å². The van der Waals surface area contributed by atoms with Crippen LogP contribution in [0.15, 0.2) is 18.2 Å². The lowest BCUT2D eigenvalue weighted by Gasteiger charge is -2.15. The van der Waals surface area contributed by atoms with Crippen LogP contribution in [0.2, 0.25) is 0 Å². The fraction of sp³-hybridized carbons (Fsp3) is 0.533. The predicted octanol–water partition coefficient (Wildman–Crippen LogP) is 4.24. The second kappa shape index (κ2) is 8.16. The van der Waals surface area contributed by atoms with Gasteiger partial charge in [-0.1, -0.05) is 38.7 Å². The highest BCUT2D eigenvalue weighted by Gasteiger charge is 2.20. The van der Waals surface area contributed by atoms with Gasteiger partial charge in [0.25, 0.3) is 0 Å². The molecule has 0 fully saturated rings. The number of hydrogen-bond acceptors (Lipinski definition) is 4. The molecule has 0 amide bonds. The second-order valence-corrected chi connectivity index (χ2v) is 4.97. The summed E-state index contributed by atoms with van der Waals surface area (Å²) in [6, 6.07) is 6.81. The first kappa shape index (κ1) is 16.0. The molecule has 5 heteroatoms. The van der Waals surface area contributed by atoms with Crippen molar-refractivity contribution in [3.05, 3.63) is 33.9 Å². The van der Waals surface area contributed by atoms with Crippen LogP contribution in [0.5, 0.6) is 0 Å². The lowest BCUT2D eigenvalue weighted by atomic mass is 10.1. The normalized spacial score (nSPS) is 11.7. The molecule has 1 aromatic carbocycles. The molecule has 0 aliphatic carbocycles. The molecular weight excluding hydrogens is 254 g/mol. The summed E-state index contributed by atoms with van der Waals surface area (Å²) < 4.78 is 0. The molecule has 1 N–H and O–H groups in total. The Morgan fingerprint density at radius 2 is 2.15 bits per heavy atom. The van der Waals surface area contributed by atoms with Gasteiger partial charge < -0.3 is 5.32 Å². The summed E-state index contributed by atoms with van der Waals surface area (Å²) in [6.45, 7) is 4.17. The monoisotopic (exact) mass is 275 g/mol. The number of nitro groups is 1. The number of nitrogens with zero attached hydrogens (tertiary/aromatic N) is 2. The summed E-state index contributed by atoms with van der Waals surface area (Å²) in [7, 11) is 0. The molecule has 1 aromatic rings. The van der Waals surface area contributed by atoms with Crippen molar-refractivity contribution in [1.82, 2.24) is 0 Å². The Balaban J connectivity index is 2.72. The number of rotatable bonds is 8. The van der Waals surface area contributed by atoms with Gasteiger partial charge in [0, 0.05) is 6.04 Å². The van der Waals surface area contributed by atoms with Crippen molar-refractivity contribution in [2.75, 3.05) is 5.32 Å². The molecule has 0 heterocycles. The number of nitrogens with one attached hydrogen (secondary N) is 1. The topological polar surface area (TPSA) is 79.0 Å². The Labute approximate surface area is 119 Å². The Bertz CT molecular complexity index is 494. The highest BCUT2D eigenvalue weighted by Crippen LogP contribution is 2.29. The van der Waals surface area contributed by atoms with Gasteiger partial charge in [-0.2, -0.15) is 5.26 Å². The van der Waals surface area contributed by atoms with E-state index >= 15 is 0 Å². The summed E-state index contributed by atoms with van der Waals surface area (Å²) in [5.74, 6) is 0. The van der Waals surface area contributed by atoms with E-state index in [1.165, 1.54) is 25.3 Å². The molecular formula is C15H21N3O2. The molecule has 0 bridgehead atoms. The Kier molecular flexibility index (Phi) is 6.51. The predicted molar refractivity (Wildman–Crippen MR) is 79.7 cm³/mol. The zero-order chi connectivity index (χ0) is 15.0. The zero-order valence-electron chi connectivity index (χ0n) is 12.1. The van der Waals surface area contributed by atoms with E-state index < -0.39 is 4.92 Å². The summed E-state index contributed by atoms with van der Waals surface area (Å²) in [5, 5.41) is 23.2. The van der Waals surface area contributed by atoms with Gasteiger partial charge in [-0.05, 0) is 25.5 Å². The van der Waals surface area contributed by atoms with E-state index in [9.17, 15) is 10.1 Å². The summed E-state index contributed by atoms with van der Waals surface area (Å²) in [6.07, 6.45) is 5.67. The molecule has 1 atom stereocenters. The van der Waals surface area contributed by atoms with Crippen molar-refractivity contribution >= 4 is 11.4 Å². The Morgan fingerprint density at radius 3 is 2.75 bits per heavy atom. The number of hydrogen-bond donors (Lipinski definition) is 1. The molecule has 20 heavy (non-hydrogen) atoms. The van der Waals surface area contributed by atoms with Gasteiger partial charge >= 0.3 is 5.69 Å². The van der Waals surface area contributed by atoms with Crippen LogP contribution in [0, 0.1) is 21.4 Å². The third-order valence-electron chi connectivity index (χ3n) is 3.23. The number of nitriles is 1. The number of para-hydroxylation sites is 1. The van der Waals surface area contributed by atoms with E-state index in [0.717, 1.165) is 12.8 Å². The summed E-state index contributed by atoms with van der Waals surface area (Å²) >= 11 is 0. The maximum Gasteiger partial charge on any atom is 0.309 e. The Morgan fingerprint density at radius 1 is 1.40 bits per heavy atom. The zero-order valence-corrected chi connectivity index (χ0v) is 12.1. The molecule has 5 nitrogen and oxygen atoms in total. The SMILES string of the molecule is CCCCCCC(C)Nc1cccc(C#N)c1[N+](=O)[O-]. The van der Waals surface area contributed by atoms with E-state index in [1.807, 2.05) is 13.0 Å². The van der Waals surface area contributed by atoms with Crippen molar-refractivity contribution in [1.29, 1.82) is 5.26 Å². The average molecular weight is 275 g/mol. The molecule has 0 saturated heterocycles. The van der Waals surface area contributed by atoms with Crippen molar-refractivity contribution in [3.8, 4) is 6.07 Å². The van der Waals surface area contributed by atoms with Crippen LogP contribution < -0.4 is 5.32 Å². The van der Waals surface area contributed by atoms with Crippen molar-refractivity contribution in [3.63, 3.8) is 0 Å². The van der Waals surface area contributed by atoms with E-state index in [4.69, 9.17) is 5.26 Å². The van der Waals surface area contributed by atoms with E-state index in [2.05, 4.69) is 12.2 Å². The van der Waals surface area contributed by atoms with E-state index in [-0.39, 0.29) is 17.3 Å². The highest BCUT2D eigenvalue weighted by molar-refractivity contribution is 5.68. The molecule has 108 valence electrons. The maximum absolute atomic E-state index is 11.1. The van der Waals surface area contributed by atoms with Gasteiger partial charge in [0.05, 0.1) is 4.92 Å². The molecule has 0 saturated carbocycles. The van der Waals surface area contributed by atoms with Gasteiger partial charge in [-0.25, -0.2) is 0 Å². The Hall–Kier alpha value is -2.09. The average Bonchev–Trinajstić information content (AvgIpc) is 2.43. The van der Waals surface area contributed by atoms with Crippen LogP contribution in [0.1, 0.15) is 51.5 Å². The van der Waals surface area contributed by atoms with Crippen LogP contribution >= 0.6 is 0 Å². The van der Waals surface area contributed by atoms with Crippen molar-refractivity contribution < 1.29 is 4.92 Å². The summed E-state index contributed by atoms with van der Waals surface area (Å²) in [5.41, 5.74) is 0.394. The molecule has 0 aliphatic heterocycles. The minimum Gasteiger partial charge on any atom is -0.377 e. The van der Waals surface area contributed by atoms with Crippen molar-refractivity contribution in [2.24, 2.45) is 0 Å². The molecule has 0 aliphatic rings. The molecule has 1 unspecified atom stereocenters. The van der Waals surface area contributed by atoms with Crippen LogP contribution in [0.25, 0.3) is 0 Å². The maximum atomic E-state index is 11.1. The number of unbranched alkanes of at least 4 members (excludes halogenated alkanes) is 3. The largest absolute Gasteiger partial charge is 0.377 e. The highest BCUT2D eigenvalue weighted by atomic mass is 16.6. The fourth-order valence-corrected chi connectivity index (χ4v) is 2.16. The van der Waals surface area contributed by atoms with Gasteiger partial charge in [0.2, 0.25) is 0 Å². The molecule has 0 radical (unpaired) electrons. The third-order valence-corrected chi connectivity index (χ3v) is 3.23. The minimum atomic E-state index is -0.495. The first-order valence-electron chi connectivity index (χ1n) is 7.04. The lowest BCUT2D eigenvalue weighted by Crippen LogP contribution is -2.16. The number of benzene rings is 1. The van der Waals surface area contributed by atoms with Crippen LogP contribution in [-0.4, -0.2) is 11.0 Å². The second-order valence-electron chi connectivity index (χ2n) is 4.97.